The predicted octanol–water partition coefficient (Wildman–Crippen LogP) is 5.12. The largest absolute Gasteiger partial charge is 0.276 e. The van der Waals surface area contributed by atoms with Gasteiger partial charge in [0.25, 0.3) is 10.0 Å². The fourth-order valence-corrected chi connectivity index (χ4v) is 5.28. The van der Waals surface area contributed by atoms with Crippen LogP contribution in [0.25, 0.3) is 10.8 Å². The molecule has 6 heteroatoms. The van der Waals surface area contributed by atoms with E-state index in [2.05, 4.69) is 34.1 Å². The first-order valence-corrected chi connectivity index (χ1v) is 11.4. The lowest BCUT2D eigenvalue weighted by Crippen LogP contribution is -2.15. The fourth-order valence-electron chi connectivity index (χ4n) is 3.88. The zero-order valence-electron chi connectivity index (χ0n) is 17.6. The van der Waals surface area contributed by atoms with Crippen LogP contribution in [-0.2, 0) is 16.6 Å². The molecule has 4 rings (SSSR count). The van der Waals surface area contributed by atoms with Crippen LogP contribution in [-0.4, -0.2) is 18.2 Å². The molecule has 4 aromatic rings. The highest BCUT2D eigenvalue weighted by Gasteiger charge is 2.21. The molecule has 30 heavy (non-hydrogen) atoms. The van der Waals surface area contributed by atoms with Crippen LogP contribution in [0, 0.1) is 27.7 Å². The maximum absolute atomic E-state index is 13.0. The van der Waals surface area contributed by atoms with E-state index in [1.165, 1.54) is 10.8 Å². The lowest BCUT2D eigenvalue weighted by molar-refractivity contribution is 0.600. The highest BCUT2D eigenvalue weighted by atomic mass is 32.2. The molecule has 0 atom stereocenters. The number of anilines is 1. The van der Waals surface area contributed by atoms with Crippen molar-refractivity contribution in [2.75, 3.05) is 4.72 Å². The van der Waals surface area contributed by atoms with E-state index in [0.717, 1.165) is 22.4 Å². The normalized spacial score (nSPS) is 11.7. The molecule has 0 spiro atoms. The molecular formula is C24H25N3O2S. The number of nitrogens with one attached hydrogen (secondary N) is 1. The summed E-state index contributed by atoms with van der Waals surface area (Å²) >= 11 is 0. The molecule has 3 aromatic carbocycles. The van der Waals surface area contributed by atoms with E-state index in [1.807, 2.05) is 62.7 Å². The summed E-state index contributed by atoms with van der Waals surface area (Å²) in [5.74, 6) is 0. The second kappa shape index (κ2) is 7.61. The topological polar surface area (TPSA) is 64.0 Å². The predicted molar refractivity (Wildman–Crippen MR) is 121 cm³/mol. The highest BCUT2D eigenvalue weighted by molar-refractivity contribution is 7.92. The molecule has 0 aliphatic carbocycles. The molecule has 0 saturated carbocycles. The quantitative estimate of drug-likeness (QED) is 0.488. The minimum absolute atomic E-state index is 0.286. The minimum Gasteiger partial charge on any atom is -0.276 e. The van der Waals surface area contributed by atoms with Crippen molar-refractivity contribution in [2.45, 2.75) is 39.1 Å². The van der Waals surface area contributed by atoms with Gasteiger partial charge in [0, 0.05) is 0 Å². The van der Waals surface area contributed by atoms with E-state index in [1.54, 1.807) is 6.07 Å². The van der Waals surface area contributed by atoms with Gasteiger partial charge in [0.05, 0.1) is 28.5 Å². The summed E-state index contributed by atoms with van der Waals surface area (Å²) in [4.78, 5) is 0.286. The van der Waals surface area contributed by atoms with Crippen molar-refractivity contribution in [2.24, 2.45) is 0 Å². The molecule has 0 radical (unpaired) electrons. The Bertz CT molecular complexity index is 1350. The molecule has 154 valence electrons. The van der Waals surface area contributed by atoms with Crippen LogP contribution in [0.2, 0.25) is 0 Å². The average molecular weight is 420 g/mol. The van der Waals surface area contributed by atoms with Crippen molar-refractivity contribution in [1.82, 2.24) is 9.78 Å². The smallest absolute Gasteiger partial charge is 0.262 e. The van der Waals surface area contributed by atoms with E-state index < -0.39 is 10.0 Å². The molecule has 0 aliphatic rings. The molecule has 0 amide bonds. The van der Waals surface area contributed by atoms with Crippen LogP contribution in [0.15, 0.2) is 65.6 Å². The number of hydrogen-bond acceptors (Lipinski definition) is 3. The number of fused-ring (bicyclic) bond motifs is 1. The number of nitrogens with zero attached hydrogens (tertiary/aromatic N) is 2. The van der Waals surface area contributed by atoms with Crippen LogP contribution in [0.5, 0.6) is 0 Å². The Morgan fingerprint density at radius 3 is 2.43 bits per heavy atom. The first-order chi connectivity index (χ1) is 14.3. The van der Waals surface area contributed by atoms with E-state index >= 15 is 0 Å². The van der Waals surface area contributed by atoms with Crippen molar-refractivity contribution < 1.29 is 8.42 Å². The van der Waals surface area contributed by atoms with Gasteiger partial charge in [0.15, 0.2) is 0 Å². The molecule has 1 heterocycles. The number of benzene rings is 3. The summed E-state index contributed by atoms with van der Waals surface area (Å²) in [5.41, 5.74) is 4.87. The van der Waals surface area contributed by atoms with Crippen LogP contribution in [0.1, 0.15) is 28.1 Å². The van der Waals surface area contributed by atoms with Crippen molar-refractivity contribution in [3.8, 4) is 0 Å². The van der Waals surface area contributed by atoms with E-state index in [-0.39, 0.29) is 4.90 Å². The first-order valence-electron chi connectivity index (χ1n) is 9.87. The second-order valence-corrected chi connectivity index (χ2v) is 9.37. The molecular weight excluding hydrogens is 394 g/mol. The summed E-state index contributed by atoms with van der Waals surface area (Å²) in [5, 5.41) is 6.96. The van der Waals surface area contributed by atoms with Gasteiger partial charge >= 0.3 is 0 Å². The standard InChI is InChI=1S/C24H25N3O2S/c1-16-12-13-23(17(2)14-16)30(28,29)26-24-18(3)25-27(19(24)4)15-21-10-7-9-20-8-5-6-11-22(20)21/h5-14,26H,15H2,1-4H3. The molecule has 0 fully saturated rings. The van der Waals surface area contributed by atoms with Crippen molar-refractivity contribution >= 4 is 26.5 Å². The van der Waals surface area contributed by atoms with Gasteiger partial charge in [-0.05, 0) is 55.7 Å². The van der Waals surface area contributed by atoms with Gasteiger partial charge in [0.2, 0.25) is 0 Å². The van der Waals surface area contributed by atoms with Crippen LogP contribution in [0.3, 0.4) is 0 Å². The van der Waals surface area contributed by atoms with Crippen molar-refractivity contribution in [3.05, 3.63) is 88.7 Å². The van der Waals surface area contributed by atoms with Crippen molar-refractivity contribution in [1.29, 1.82) is 0 Å². The Hall–Kier alpha value is -3.12. The van der Waals surface area contributed by atoms with E-state index in [0.29, 0.717) is 17.9 Å². The van der Waals surface area contributed by atoms with Gasteiger partial charge in [-0.15, -0.1) is 0 Å². The zero-order valence-corrected chi connectivity index (χ0v) is 18.4. The van der Waals surface area contributed by atoms with E-state index in [4.69, 9.17) is 0 Å². The van der Waals surface area contributed by atoms with Crippen LogP contribution in [0.4, 0.5) is 5.69 Å². The molecule has 0 bridgehead atoms. The number of aromatic nitrogens is 2. The van der Waals surface area contributed by atoms with Gasteiger partial charge < -0.3 is 0 Å². The van der Waals surface area contributed by atoms with Gasteiger partial charge in [-0.25, -0.2) is 8.42 Å². The first kappa shape index (κ1) is 20.2. The lowest BCUT2D eigenvalue weighted by Gasteiger charge is -2.12. The second-order valence-electron chi connectivity index (χ2n) is 7.72. The maximum atomic E-state index is 13.0. The Labute approximate surface area is 177 Å². The molecule has 1 N–H and O–H groups in total. The molecule has 1 aromatic heterocycles. The number of aryl methyl sites for hydroxylation is 3. The third kappa shape index (κ3) is 3.71. The maximum Gasteiger partial charge on any atom is 0.262 e. The summed E-state index contributed by atoms with van der Waals surface area (Å²) in [6.07, 6.45) is 0. The molecule has 5 nitrogen and oxygen atoms in total. The summed E-state index contributed by atoms with van der Waals surface area (Å²) in [6.45, 7) is 8.05. The monoisotopic (exact) mass is 419 g/mol. The molecule has 0 aliphatic heterocycles. The van der Waals surface area contributed by atoms with Gasteiger partial charge in [-0.1, -0.05) is 60.2 Å². The number of rotatable bonds is 5. The molecule has 0 unspecified atom stereocenters. The van der Waals surface area contributed by atoms with E-state index in [9.17, 15) is 8.42 Å². The lowest BCUT2D eigenvalue weighted by atomic mass is 10.0. The van der Waals surface area contributed by atoms with Gasteiger partial charge in [0.1, 0.15) is 0 Å². The van der Waals surface area contributed by atoms with Gasteiger partial charge in [-0.2, -0.15) is 5.10 Å². The zero-order chi connectivity index (χ0) is 21.5. The number of sulfonamides is 1. The Kier molecular flexibility index (Phi) is 5.12. The van der Waals surface area contributed by atoms with Gasteiger partial charge in [-0.3, -0.25) is 9.40 Å². The highest BCUT2D eigenvalue weighted by Crippen LogP contribution is 2.27. The third-order valence-corrected chi connectivity index (χ3v) is 6.95. The average Bonchev–Trinajstić information content (AvgIpc) is 2.95. The summed E-state index contributed by atoms with van der Waals surface area (Å²) in [6, 6.07) is 19.8. The third-order valence-electron chi connectivity index (χ3n) is 5.44. The van der Waals surface area contributed by atoms with Crippen LogP contribution < -0.4 is 4.72 Å². The van der Waals surface area contributed by atoms with Crippen LogP contribution >= 0.6 is 0 Å². The van der Waals surface area contributed by atoms with Crippen molar-refractivity contribution in [3.63, 3.8) is 0 Å². The Morgan fingerprint density at radius 1 is 0.933 bits per heavy atom. The fraction of sp³-hybridized carbons (Fsp3) is 0.208. The Balaban J connectivity index is 1.69. The summed E-state index contributed by atoms with van der Waals surface area (Å²) in [7, 11) is -3.70. The minimum atomic E-state index is -3.70. The molecule has 0 saturated heterocycles. The SMILES string of the molecule is Cc1ccc(S(=O)(=O)Nc2c(C)nn(Cc3cccc4ccccc34)c2C)c(C)c1. The Morgan fingerprint density at radius 2 is 1.67 bits per heavy atom. The summed E-state index contributed by atoms with van der Waals surface area (Å²) < 4.78 is 30.7. The number of hydrogen-bond donors (Lipinski definition) is 1.